The van der Waals surface area contributed by atoms with Gasteiger partial charge in [-0.05, 0) is 60.9 Å². The van der Waals surface area contributed by atoms with E-state index in [9.17, 15) is 9.59 Å². The van der Waals surface area contributed by atoms with E-state index in [0.717, 1.165) is 0 Å². The van der Waals surface area contributed by atoms with Gasteiger partial charge in [-0.2, -0.15) is 0 Å². The number of ether oxygens (including phenoxy) is 2. The van der Waals surface area contributed by atoms with Gasteiger partial charge in [-0.3, -0.25) is 14.9 Å². The van der Waals surface area contributed by atoms with Crippen molar-refractivity contribution in [3.8, 4) is 11.5 Å². The fourth-order valence-electron chi connectivity index (χ4n) is 2.65. The Morgan fingerprint density at radius 3 is 2.52 bits per heavy atom. The molecular formula is C22H19Cl2N3O4S2. The molecule has 0 aliphatic heterocycles. The van der Waals surface area contributed by atoms with Crippen molar-refractivity contribution < 1.29 is 19.1 Å². The summed E-state index contributed by atoms with van der Waals surface area (Å²) in [5, 5.41) is 10.9. The van der Waals surface area contributed by atoms with Crippen LogP contribution in [0.15, 0.2) is 53.9 Å². The fraction of sp³-hybridized carbons (Fsp3) is 0.136. The maximum Gasteiger partial charge on any atom is 0.266 e. The predicted molar refractivity (Wildman–Crippen MR) is 136 cm³/mol. The minimum absolute atomic E-state index is 0.0649. The SMILES string of the molecule is COc1cc(NC(=S)NC(=O)C(C)Oc2ccc(Cl)cc2Cl)ccc1NC(=O)c1cccs1. The van der Waals surface area contributed by atoms with Crippen LogP contribution in [0.5, 0.6) is 11.5 Å². The zero-order valence-corrected chi connectivity index (χ0v) is 20.6. The molecule has 7 nitrogen and oxygen atoms in total. The summed E-state index contributed by atoms with van der Waals surface area (Å²) in [5.41, 5.74) is 1.05. The second kappa shape index (κ2) is 11.3. The van der Waals surface area contributed by atoms with Crippen LogP contribution < -0.4 is 25.4 Å². The van der Waals surface area contributed by atoms with E-state index in [2.05, 4.69) is 16.0 Å². The van der Waals surface area contributed by atoms with Gasteiger partial charge in [0, 0.05) is 16.8 Å². The molecule has 2 aromatic carbocycles. The smallest absolute Gasteiger partial charge is 0.266 e. The third kappa shape index (κ3) is 6.82. The fourth-order valence-corrected chi connectivity index (χ4v) is 3.94. The Morgan fingerprint density at radius 1 is 1.06 bits per heavy atom. The minimum Gasteiger partial charge on any atom is -0.494 e. The lowest BCUT2D eigenvalue weighted by atomic mass is 10.2. The number of rotatable bonds is 7. The number of carbonyl (C=O) groups excluding carboxylic acids is 2. The summed E-state index contributed by atoms with van der Waals surface area (Å²) >= 11 is 18.5. The van der Waals surface area contributed by atoms with Crippen LogP contribution in [-0.4, -0.2) is 30.1 Å². The Kier molecular flexibility index (Phi) is 8.51. The third-order valence-electron chi connectivity index (χ3n) is 4.26. The van der Waals surface area contributed by atoms with Gasteiger partial charge < -0.3 is 20.1 Å². The minimum atomic E-state index is -0.868. The van der Waals surface area contributed by atoms with Crippen molar-refractivity contribution >= 4 is 75.1 Å². The van der Waals surface area contributed by atoms with E-state index in [1.54, 1.807) is 49.4 Å². The van der Waals surface area contributed by atoms with Crippen LogP contribution in [0.25, 0.3) is 0 Å². The summed E-state index contributed by atoms with van der Waals surface area (Å²) in [6.07, 6.45) is -0.868. The zero-order chi connectivity index (χ0) is 24.0. The molecule has 1 heterocycles. The maximum atomic E-state index is 12.4. The van der Waals surface area contributed by atoms with E-state index in [0.29, 0.717) is 37.8 Å². The van der Waals surface area contributed by atoms with Crippen molar-refractivity contribution in [2.24, 2.45) is 0 Å². The maximum absolute atomic E-state index is 12.4. The van der Waals surface area contributed by atoms with Crippen molar-refractivity contribution in [1.82, 2.24) is 5.32 Å². The second-order valence-corrected chi connectivity index (χ2v) is 8.82. The molecule has 0 fully saturated rings. The van der Waals surface area contributed by atoms with Crippen molar-refractivity contribution in [3.63, 3.8) is 0 Å². The first-order valence-corrected chi connectivity index (χ1v) is 11.6. The van der Waals surface area contributed by atoms with Gasteiger partial charge in [0.1, 0.15) is 11.5 Å². The van der Waals surface area contributed by atoms with E-state index in [1.807, 2.05) is 5.38 Å². The number of hydrogen-bond acceptors (Lipinski definition) is 6. The number of methoxy groups -OCH3 is 1. The van der Waals surface area contributed by atoms with Crippen LogP contribution in [0.2, 0.25) is 10.0 Å². The van der Waals surface area contributed by atoms with E-state index in [4.69, 9.17) is 44.9 Å². The van der Waals surface area contributed by atoms with Crippen LogP contribution in [0.4, 0.5) is 11.4 Å². The highest BCUT2D eigenvalue weighted by Crippen LogP contribution is 2.29. The first kappa shape index (κ1) is 24.8. The number of amides is 2. The standard InChI is InChI=1S/C22H19Cl2N3O4S2/c1-12(31-17-8-5-13(23)10-15(17)24)20(28)27-22(32)25-14-6-7-16(18(11-14)30-2)26-21(29)19-4-3-9-33-19/h3-12H,1-2H3,(H,26,29)(H2,25,27,28,32). The zero-order valence-electron chi connectivity index (χ0n) is 17.5. The summed E-state index contributed by atoms with van der Waals surface area (Å²) in [6, 6.07) is 13.3. The van der Waals surface area contributed by atoms with Crippen molar-refractivity contribution in [2.75, 3.05) is 17.7 Å². The van der Waals surface area contributed by atoms with E-state index in [1.165, 1.54) is 24.5 Å². The lowest BCUT2D eigenvalue weighted by molar-refractivity contribution is -0.125. The van der Waals surface area contributed by atoms with Gasteiger partial charge >= 0.3 is 0 Å². The van der Waals surface area contributed by atoms with Crippen LogP contribution in [-0.2, 0) is 4.79 Å². The number of anilines is 2. The number of nitrogens with one attached hydrogen (secondary N) is 3. The van der Waals surface area contributed by atoms with Crippen LogP contribution in [0.1, 0.15) is 16.6 Å². The summed E-state index contributed by atoms with van der Waals surface area (Å²) in [5.74, 6) is 0.0486. The molecule has 1 atom stereocenters. The number of benzene rings is 2. The van der Waals surface area contributed by atoms with Gasteiger partial charge in [-0.15, -0.1) is 11.3 Å². The number of halogens is 2. The molecular weight excluding hydrogens is 505 g/mol. The number of thiocarbonyl (C=S) groups is 1. The summed E-state index contributed by atoms with van der Waals surface area (Å²) in [4.78, 5) is 25.3. The molecule has 0 aliphatic carbocycles. The molecule has 0 spiro atoms. The molecule has 172 valence electrons. The molecule has 3 rings (SSSR count). The van der Waals surface area contributed by atoms with Crippen LogP contribution in [0, 0.1) is 0 Å². The molecule has 3 N–H and O–H groups in total. The average molecular weight is 524 g/mol. The Morgan fingerprint density at radius 2 is 1.85 bits per heavy atom. The number of thiophene rings is 1. The largest absolute Gasteiger partial charge is 0.494 e. The Bertz CT molecular complexity index is 1170. The molecule has 0 aliphatic rings. The van der Waals surface area contributed by atoms with Gasteiger partial charge in [-0.25, -0.2) is 0 Å². The Labute approximate surface area is 210 Å². The quantitative estimate of drug-likeness (QED) is 0.349. The monoisotopic (exact) mass is 523 g/mol. The first-order valence-electron chi connectivity index (χ1n) is 9.53. The van der Waals surface area contributed by atoms with E-state index < -0.39 is 12.0 Å². The Hall–Kier alpha value is -2.85. The average Bonchev–Trinajstić information content (AvgIpc) is 3.31. The van der Waals surface area contributed by atoms with Crippen molar-refractivity contribution in [2.45, 2.75) is 13.0 Å². The Balaban J connectivity index is 1.58. The highest BCUT2D eigenvalue weighted by molar-refractivity contribution is 7.80. The summed E-state index contributed by atoms with van der Waals surface area (Å²) in [6.45, 7) is 1.57. The van der Waals surface area contributed by atoms with Gasteiger partial charge in [-0.1, -0.05) is 29.3 Å². The van der Waals surface area contributed by atoms with Crippen LogP contribution in [0.3, 0.4) is 0 Å². The molecule has 0 saturated heterocycles. The molecule has 11 heteroatoms. The molecule has 0 radical (unpaired) electrons. The van der Waals surface area contributed by atoms with Gasteiger partial charge in [0.25, 0.3) is 11.8 Å². The van der Waals surface area contributed by atoms with Gasteiger partial charge in [0.05, 0.1) is 22.7 Å². The molecule has 3 aromatic rings. The number of hydrogen-bond donors (Lipinski definition) is 3. The van der Waals surface area contributed by atoms with Gasteiger partial charge in [0.15, 0.2) is 11.2 Å². The van der Waals surface area contributed by atoms with E-state index >= 15 is 0 Å². The van der Waals surface area contributed by atoms with Crippen molar-refractivity contribution in [3.05, 3.63) is 68.8 Å². The summed E-state index contributed by atoms with van der Waals surface area (Å²) < 4.78 is 11.0. The third-order valence-corrected chi connectivity index (χ3v) is 5.86. The number of carbonyl (C=O) groups is 2. The first-order chi connectivity index (χ1) is 15.8. The molecule has 1 unspecified atom stereocenters. The lowest BCUT2D eigenvalue weighted by Crippen LogP contribution is -2.42. The highest BCUT2D eigenvalue weighted by Gasteiger charge is 2.18. The molecule has 33 heavy (non-hydrogen) atoms. The second-order valence-electron chi connectivity index (χ2n) is 6.62. The normalized spacial score (nSPS) is 11.3. The van der Waals surface area contributed by atoms with Crippen molar-refractivity contribution in [1.29, 1.82) is 0 Å². The van der Waals surface area contributed by atoms with Crippen LogP contribution >= 0.6 is 46.8 Å². The highest BCUT2D eigenvalue weighted by atomic mass is 35.5. The van der Waals surface area contributed by atoms with E-state index in [-0.39, 0.29) is 11.0 Å². The molecule has 0 saturated carbocycles. The molecule has 0 bridgehead atoms. The van der Waals surface area contributed by atoms with Gasteiger partial charge in [0.2, 0.25) is 0 Å². The molecule has 2 amide bonds. The molecule has 1 aromatic heterocycles. The topological polar surface area (TPSA) is 88.7 Å². The predicted octanol–water partition coefficient (Wildman–Crippen LogP) is 5.60. The lowest BCUT2D eigenvalue weighted by Gasteiger charge is -2.17. The summed E-state index contributed by atoms with van der Waals surface area (Å²) in [7, 11) is 1.49.